The molecule has 1 N–H and O–H groups in total. The minimum absolute atomic E-state index is 0.227. The van der Waals surface area contributed by atoms with Crippen molar-refractivity contribution in [3.8, 4) is 5.75 Å². The minimum Gasteiger partial charge on any atom is -0.495 e. The largest absolute Gasteiger partial charge is 0.495 e. The van der Waals surface area contributed by atoms with Gasteiger partial charge in [-0.05, 0) is 23.8 Å². The molecule has 102 valence electrons. The van der Waals surface area contributed by atoms with Gasteiger partial charge in [-0.1, -0.05) is 41.9 Å². The molecule has 0 atom stereocenters. The highest BCUT2D eigenvalue weighted by Gasteiger charge is 2.05. The Balaban J connectivity index is 2.07. The molecule has 0 radical (unpaired) electrons. The van der Waals surface area contributed by atoms with Crippen molar-refractivity contribution in [1.29, 1.82) is 0 Å². The molecule has 0 saturated carbocycles. The second-order valence-electron chi connectivity index (χ2n) is 4.08. The summed E-state index contributed by atoms with van der Waals surface area (Å²) in [5.41, 5.74) is 1.55. The van der Waals surface area contributed by atoms with Gasteiger partial charge in [0, 0.05) is 17.2 Å². The number of ether oxygens (including phenoxy) is 1. The molecule has 0 aliphatic heterocycles. The van der Waals surface area contributed by atoms with Crippen molar-refractivity contribution >= 4 is 29.3 Å². The van der Waals surface area contributed by atoms with E-state index >= 15 is 0 Å². The lowest BCUT2D eigenvalue weighted by molar-refractivity contribution is -0.111. The maximum absolute atomic E-state index is 11.9. The number of carbonyl (C=O) groups excluding carboxylic acids is 1. The van der Waals surface area contributed by atoms with Crippen LogP contribution in [0.1, 0.15) is 5.56 Å². The van der Waals surface area contributed by atoms with E-state index in [1.54, 1.807) is 24.3 Å². The first-order valence-electron chi connectivity index (χ1n) is 6.06. The Labute approximate surface area is 122 Å². The molecule has 0 bridgehead atoms. The molecule has 0 spiro atoms. The van der Waals surface area contributed by atoms with Gasteiger partial charge in [0.05, 0.1) is 12.8 Å². The molecule has 0 saturated heterocycles. The van der Waals surface area contributed by atoms with Crippen molar-refractivity contribution in [2.75, 3.05) is 12.4 Å². The maximum atomic E-state index is 11.9. The Kier molecular flexibility index (Phi) is 4.80. The molecule has 3 nitrogen and oxygen atoms in total. The summed E-state index contributed by atoms with van der Waals surface area (Å²) in [6.45, 7) is 0. The van der Waals surface area contributed by atoms with Crippen LogP contribution < -0.4 is 10.1 Å². The zero-order chi connectivity index (χ0) is 14.4. The van der Waals surface area contributed by atoms with Crippen molar-refractivity contribution in [1.82, 2.24) is 0 Å². The Morgan fingerprint density at radius 1 is 1.20 bits per heavy atom. The first-order chi connectivity index (χ1) is 9.69. The quantitative estimate of drug-likeness (QED) is 0.863. The standard InChI is InChI=1S/C16H14ClNO2/c1-20-15-11-13(17)8-9-14(15)18-16(19)10-7-12-5-3-2-4-6-12/h2-11H,1H3,(H,18,19). The van der Waals surface area contributed by atoms with Crippen LogP contribution in [0, 0.1) is 0 Å². The first kappa shape index (κ1) is 14.2. The molecule has 0 aliphatic carbocycles. The predicted molar refractivity (Wildman–Crippen MR) is 82.1 cm³/mol. The summed E-state index contributed by atoms with van der Waals surface area (Å²) >= 11 is 5.87. The Bertz CT molecular complexity index is 624. The van der Waals surface area contributed by atoms with Crippen molar-refractivity contribution in [2.24, 2.45) is 0 Å². The third-order valence-electron chi connectivity index (χ3n) is 2.65. The lowest BCUT2D eigenvalue weighted by Crippen LogP contribution is -2.08. The highest BCUT2D eigenvalue weighted by Crippen LogP contribution is 2.27. The second-order valence-corrected chi connectivity index (χ2v) is 4.51. The molecule has 0 aliphatic rings. The van der Waals surface area contributed by atoms with Crippen LogP contribution in [0.3, 0.4) is 0 Å². The van der Waals surface area contributed by atoms with E-state index in [0.717, 1.165) is 5.56 Å². The monoisotopic (exact) mass is 287 g/mol. The number of anilines is 1. The molecule has 1 amide bonds. The number of benzene rings is 2. The number of methoxy groups -OCH3 is 1. The fraction of sp³-hybridized carbons (Fsp3) is 0.0625. The van der Waals surface area contributed by atoms with Gasteiger partial charge in [0.25, 0.3) is 0 Å². The third kappa shape index (κ3) is 3.87. The molecule has 0 unspecified atom stereocenters. The van der Waals surface area contributed by atoms with Gasteiger partial charge in [0.1, 0.15) is 5.75 Å². The molecular formula is C16H14ClNO2. The first-order valence-corrected chi connectivity index (χ1v) is 6.44. The van der Waals surface area contributed by atoms with Gasteiger partial charge in [-0.3, -0.25) is 4.79 Å². The van der Waals surface area contributed by atoms with E-state index in [2.05, 4.69) is 5.32 Å². The minimum atomic E-state index is -0.227. The van der Waals surface area contributed by atoms with E-state index in [-0.39, 0.29) is 5.91 Å². The summed E-state index contributed by atoms with van der Waals surface area (Å²) in [6.07, 6.45) is 3.22. The average Bonchev–Trinajstić information content (AvgIpc) is 2.48. The molecule has 0 fully saturated rings. The number of rotatable bonds is 4. The Morgan fingerprint density at radius 2 is 1.95 bits per heavy atom. The Morgan fingerprint density at radius 3 is 2.65 bits per heavy atom. The van der Waals surface area contributed by atoms with E-state index in [4.69, 9.17) is 16.3 Å². The summed E-state index contributed by atoms with van der Waals surface area (Å²) in [6, 6.07) is 14.7. The number of amides is 1. The van der Waals surface area contributed by atoms with Crippen molar-refractivity contribution < 1.29 is 9.53 Å². The SMILES string of the molecule is COc1cc(Cl)ccc1NC(=O)C=Cc1ccccc1. The lowest BCUT2D eigenvalue weighted by Gasteiger charge is -2.08. The van der Waals surface area contributed by atoms with Gasteiger partial charge in [-0.15, -0.1) is 0 Å². The molecule has 2 rings (SSSR count). The maximum Gasteiger partial charge on any atom is 0.248 e. The highest BCUT2D eigenvalue weighted by molar-refractivity contribution is 6.30. The van der Waals surface area contributed by atoms with Gasteiger partial charge in [-0.2, -0.15) is 0 Å². The summed E-state index contributed by atoms with van der Waals surface area (Å²) in [7, 11) is 1.53. The summed E-state index contributed by atoms with van der Waals surface area (Å²) in [5, 5.41) is 3.30. The number of carbonyl (C=O) groups is 1. The molecular weight excluding hydrogens is 274 g/mol. The van der Waals surface area contributed by atoms with E-state index in [9.17, 15) is 4.79 Å². The van der Waals surface area contributed by atoms with Crippen LogP contribution in [0.5, 0.6) is 5.75 Å². The number of halogens is 1. The van der Waals surface area contributed by atoms with Crippen LogP contribution in [0.25, 0.3) is 6.08 Å². The van der Waals surface area contributed by atoms with Gasteiger partial charge in [-0.25, -0.2) is 0 Å². The molecule has 0 aromatic heterocycles. The normalized spacial score (nSPS) is 10.5. The average molecular weight is 288 g/mol. The van der Waals surface area contributed by atoms with E-state index in [1.165, 1.54) is 13.2 Å². The van der Waals surface area contributed by atoms with Crippen molar-refractivity contribution in [2.45, 2.75) is 0 Å². The number of nitrogens with one attached hydrogen (secondary N) is 1. The number of hydrogen-bond acceptors (Lipinski definition) is 2. The number of hydrogen-bond donors (Lipinski definition) is 1. The zero-order valence-electron chi connectivity index (χ0n) is 11.0. The van der Waals surface area contributed by atoms with Gasteiger partial charge in [0.15, 0.2) is 0 Å². The van der Waals surface area contributed by atoms with Crippen LogP contribution in [0.2, 0.25) is 5.02 Å². The molecule has 4 heteroatoms. The van der Waals surface area contributed by atoms with Gasteiger partial charge < -0.3 is 10.1 Å². The zero-order valence-corrected chi connectivity index (χ0v) is 11.7. The van der Waals surface area contributed by atoms with Crippen LogP contribution in [-0.2, 0) is 4.79 Å². The molecule has 2 aromatic rings. The van der Waals surface area contributed by atoms with Crippen molar-refractivity contribution in [3.05, 3.63) is 65.2 Å². The molecule has 20 heavy (non-hydrogen) atoms. The fourth-order valence-corrected chi connectivity index (χ4v) is 1.84. The Hall–Kier alpha value is -2.26. The highest BCUT2D eigenvalue weighted by atomic mass is 35.5. The van der Waals surface area contributed by atoms with E-state index < -0.39 is 0 Å². The summed E-state index contributed by atoms with van der Waals surface area (Å²) in [4.78, 5) is 11.9. The van der Waals surface area contributed by atoms with E-state index in [1.807, 2.05) is 30.3 Å². The topological polar surface area (TPSA) is 38.3 Å². The van der Waals surface area contributed by atoms with Crippen LogP contribution in [-0.4, -0.2) is 13.0 Å². The molecule has 0 heterocycles. The predicted octanol–water partition coefficient (Wildman–Crippen LogP) is 4.00. The fourth-order valence-electron chi connectivity index (χ4n) is 1.68. The van der Waals surface area contributed by atoms with E-state index in [0.29, 0.717) is 16.5 Å². The van der Waals surface area contributed by atoms with Crippen LogP contribution in [0.4, 0.5) is 5.69 Å². The second kappa shape index (κ2) is 6.78. The third-order valence-corrected chi connectivity index (χ3v) is 2.88. The molecule has 2 aromatic carbocycles. The smallest absolute Gasteiger partial charge is 0.248 e. The summed E-state index contributed by atoms with van der Waals surface area (Å²) in [5.74, 6) is 0.299. The van der Waals surface area contributed by atoms with Crippen LogP contribution in [0.15, 0.2) is 54.6 Å². The van der Waals surface area contributed by atoms with Crippen molar-refractivity contribution in [3.63, 3.8) is 0 Å². The van der Waals surface area contributed by atoms with Gasteiger partial charge in [0.2, 0.25) is 5.91 Å². The lowest BCUT2D eigenvalue weighted by atomic mass is 10.2. The summed E-state index contributed by atoms with van der Waals surface area (Å²) < 4.78 is 5.17. The van der Waals surface area contributed by atoms with Gasteiger partial charge >= 0.3 is 0 Å². The van der Waals surface area contributed by atoms with Crippen LogP contribution >= 0.6 is 11.6 Å².